The van der Waals surface area contributed by atoms with Gasteiger partial charge < -0.3 is 5.11 Å². The summed E-state index contributed by atoms with van der Waals surface area (Å²) in [6.07, 6.45) is -0.441. The Morgan fingerprint density at radius 1 is 1.55 bits per heavy atom. The molecule has 0 aromatic rings. The van der Waals surface area contributed by atoms with Crippen LogP contribution in [0.25, 0.3) is 0 Å². The van der Waals surface area contributed by atoms with Gasteiger partial charge in [0.2, 0.25) is 0 Å². The number of rotatable bonds is 2. The third-order valence-electron chi connectivity index (χ3n) is 2.27. The topological polar surface area (TPSA) is 54.2 Å². The minimum atomic E-state index is -0.441. The van der Waals surface area contributed by atoms with E-state index in [-0.39, 0.29) is 11.1 Å². The van der Waals surface area contributed by atoms with Crippen molar-refractivity contribution in [3.63, 3.8) is 0 Å². The van der Waals surface area contributed by atoms with Gasteiger partial charge in [-0.1, -0.05) is 20.8 Å². The van der Waals surface area contributed by atoms with Crippen LogP contribution in [0.4, 0.5) is 0 Å². The molecule has 1 fully saturated rings. The molecule has 66 valence electrons. The molecule has 0 bridgehead atoms. The first kappa shape index (κ1) is 8.97. The van der Waals surface area contributed by atoms with Gasteiger partial charge in [-0.25, -0.2) is 0 Å². The van der Waals surface area contributed by atoms with Gasteiger partial charge in [0.05, 0.1) is 5.66 Å². The number of hydrogen-bond donors (Lipinski definition) is 3. The van der Waals surface area contributed by atoms with Gasteiger partial charge in [-0.2, -0.15) is 0 Å². The van der Waals surface area contributed by atoms with Crippen LogP contribution in [0.15, 0.2) is 0 Å². The highest BCUT2D eigenvalue weighted by Crippen LogP contribution is 2.35. The zero-order valence-electron chi connectivity index (χ0n) is 7.73. The molecule has 0 aliphatic carbocycles. The van der Waals surface area contributed by atoms with Crippen LogP contribution in [0.2, 0.25) is 0 Å². The Balaban J connectivity index is 2.54. The molecule has 1 aliphatic rings. The van der Waals surface area contributed by atoms with Crippen LogP contribution in [0.3, 0.4) is 0 Å². The summed E-state index contributed by atoms with van der Waals surface area (Å²) in [6, 6.07) is 0. The summed E-state index contributed by atoms with van der Waals surface area (Å²) in [5.74, 6) is 0. The summed E-state index contributed by atoms with van der Waals surface area (Å²) < 4.78 is 0. The number of nitrogens with one attached hydrogen (secondary N) is 2. The second kappa shape index (κ2) is 2.44. The molecular formula is C8H18N2O. The van der Waals surface area contributed by atoms with Crippen LogP contribution in [0.1, 0.15) is 27.7 Å². The first-order valence-electron chi connectivity index (χ1n) is 4.08. The minimum absolute atomic E-state index is 0.0405. The van der Waals surface area contributed by atoms with Crippen molar-refractivity contribution in [2.45, 2.75) is 39.6 Å². The normalized spacial score (nSPS) is 33.5. The third-order valence-corrected chi connectivity index (χ3v) is 2.27. The fraction of sp³-hybridized carbons (Fsp3) is 1.00. The Hall–Kier alpha value is -0.120. The lowest BCUT2D eigenvalue weighted by Gasteiger charge is -2.31. The molecule has 2 unspecified atom stereocenters. The van der Waals surface area contributed by atoms with Crippen LogP contribution >= 0.6 is 0 Å². The highest BCUT2D eigenvalue weighted by Gasteiger charge is 2.52. The van der Waals surface area contributed by atoms with Crippen molar-refractivity contribution in [2.75, 3.05) is 6.54 Å². The molecular weight excluding hydrogens is 140 g/mol. The lowest BCUT2D eigenvalue weighted by atomic mass is 9.86. The smallest absolute Gasteiger partial charge is 0.103 e. The Morgan fingerprint density at radius 3 is 2.09 bits per heavy atom. The monoisotopic (exact) mass is 158 g/mol. The molecule has 0 radical (unpaired) electrons. The van der Waals surface area contributed by atoms with Crippen molar-refractivity contribution in [1.29, 1.82) is 0 Å². The van der Waals surface area contributed by atoms with Crippen molar-refractivity contribution in [3.8, 4) is 0 Å². The van der Waals surface area contributed by atoms with E-state index in [9.17, 15) is 0 Å². The van der Waals surface area contributed by atoms with E-state index in [0.717, 1.165) is 6.54 Å². The molecule has 11 heavy (non-hydrogen) atoms. The largest absolute Gasteiger partial charge is 0.379 e. The molecule has 1 heterocycles. The van der Waals surface area contributed by atoms with Crippen LogP contribution in [0.5, 0.6) is 0 Å². The maximum atomic E-state index is 9.14. The molecule has 1 aliphatic heterocycles. The van der Waals surface area contributed by atoms with E-state index in [1.165, 1.54) is 0 Å². The van der Waals surface area contributed by atoms with Crippen molar-refractivity contribution >= 4 is 0 Å². The van der Waals surface area contributed by atoms with Gasteiger partial charge >= 0.3 is 0 Å². The third kappa shape index (κ3) is 1.72. The summed E-state index contributed by atoms with van der Waals surface area (Å²) in [4.78, 5) is 0. The summed E-state index contributed by atoms with van der Waals surface area (Å²) >= 11 is 0. The van der Waals surface area contributed by atoms with Gasteiger partial charge in [0, 0.05) is 6.54 Å². The van der Waals surface area contributed by atoms with E-state index in [4.69, 9.17) is 5.11 Å². The van der Waals surface area contributed by atoms with Crippen molar-refractivity contribution in [2.24, 2.45) is 5.41 Å². The van der Waals surface area contributed by atoms with E-state index in [2.05, 4.69) is 31.4 Å². The molecule has 3 nitrogen and oxygen atoms in total. The summed E-state index contributed by atoms with van der Waals surface area (Å²) in [5, 5.41) is 15.5. The second-order valence-electron chi connectivity index (χ2n) is 4.33. The zero-order chi connectivity index (χ0) is 8.70. The van der Waals surface area contributed by atoms with Crippen LogP contribution in [-0.2, 0) is 0 Å². The minimum Gasteiger partial charge on any atom is -0.379 e. The van der Waals surface area contributed by atoms with E-state index in [0.29, 0.717) is 0 Å². The Bertz CT molecular complexity index is 145. The van der Waals surface area contributed by atoms with E-state index in [1.54, 1.807) is 6.92 Å². The summed E-state index contributed by atoms with van der Waals surface area (Å²) in [7, 11) is 0. The van der Waals surface area contributed by atoms with Crippen LogP contribution in [-0.4, -0.2) is 23.5 Å². The highest BCUT2D eigenvalue weighted by atomic mass is 16.3. The standard InChI is InChI=1S/C8H18N2O/c1-6(11)10-8(5-9-8)7(2,3)4/h6,9-11H,5H2,1-4H3. The van der Waals surface area contributed by atoms with Crippen molar-refractivity contribution < 1.29 is 5.11 Å². The second-order valence-corrected chi connectivity index (χ2v) is 4.33. The lowest BCUT2D eigenvalue weighted by Crippen LogP contribution is -2.50. The number of aliphatic hydroxyl groups is 1. The van der Waals surface area contributed by atoms with Gasteiger partial charge in [-0.15, -0.1) is 0 Å². The van der Waals surface area contributed by atoms with Crippen molar-refractivity contribution in [1.82, 2.24) is 10.6 Å². The summed E-state index contributed by atoms with van der Waals surface area (Å²) in [6.45, 7) is 9.15. The molecule has 2 atom stereocenters. The first-order valence-corrected chi connectivity index (χ1v) is 4.08. The molecule has 3 N–H and O–H groups in total. The van der Waals surface area contributed by atoms with Gasteiger partial charge in [0.1, 0.15) is 6.23 Å². The lowest BCUT2D eigenvalue weighted by molar-refractivity contribution is 0.0965. The number of hydrogen-bond acceptors (Lipinski definition) is 3. The maximum absolute atomic E-state index is 9.14. The SMILES string of the molecule is CC(O)NC1(C(C)(C)C)CN1. The van der Waals surface area contributed by atoms with E-state index >= 15 is 0 Å². The average molecular weight is 158 g/mol. The molecule has 0 aromatic carbocycles. The number of aliphatic hydroxyl groups excluding tert-OH is 1. The Morgan fingerprint density at radius 2 is 2.00 bits per heavy atom. The van der Waals surface area contributed by atoms with Crippen LogP contribution in [0, 0.1) is 5.41 Å². The first-order chi connectivity index (χ1) is 4.87. The van der Waals surface area contributed by atoms with Gasteiger partial charge in [-0.3, -0.25) is 10.6 Å². The molecule has 1 rings (SSSR count). The fourth-order valence-corrected chi connectivity index (χ4v) is 1.29. The van der Waals surface area contributed by atoms with Gasteiger partial charge in [0.25, 0.3) is 0 Å². The van der Waals surface area contributed by atoms with Crippen molar-refractivity contribution in [3.05, 3.63) is 0 Å². The maximum Gasteiger partial charge on any atom is 0.103 e. The van der Waals surface area contributed by atoms with E-state index in [1.807, 2.05) is 0 Å². The Labute approximate surface area is 68.2 Å². The van der Waals surface area contributed by atoms with Crippen LogP contribution < -0.4 is 10.6 Å². The predicted molar refractivity (Wildman–Crippen MR) is 45.0 cm³/mol. The van der Waals surface area contributed by atoms with Gasteiger partial charge in [-0.05, 0) is 12.3 Å². The van der Waals surface area contributed by atoms with Gasteiger partial charge in [0.15, 0.2) is 0 Å². The predicted octanol–water partition coefficient (Wildman–Crippen LogP) is 0.260. The molecule has 3 heteroatoms. The molecule has 0 saturated carbocycles. The fourth-order valence-electron chi connectivity index (χ4n) is 1.29. The molecule has 1 saturated heterocycles. The zero-order valence-corrected chi connectivity index (χ0v) is 7.73. The Kier molecular flexibility index (Phi) is 1.99. The average Bonchev–Trinajstić information content (AvgIpc) is 2.42. The highest BCUT2D eigenvalue weighted by molar-refractivity contribution is 5.09. The van der Waals surface area contributed by atoms with E-state index < -0.39 is 6.23 Å². The molecule has 0 amide bonds. The quantitative estimate of drug-likeness (QED) is 0.399. The molecule has 0 spiro atoms. The molecule has 0 aromatic heterocycles. The summed E-state index contributed by atoms with van der Waals surface area (Å²) in [5.41, 5.74) is 0.116.